The van der Waals surface area contributed by atoms with Gasteiger partial charge in [-0.15, -0.1) is 11.3 Å². The van der Waals surface area contributed by atoms with Crippen LogP contribution < -0.4 is 0 Å². The minimum absolute atomic E-state index is 0.144. The van der Waals surface area contributed by atoms with Crippen LogP contribution in [0.25, 0.3) is 16.8 Å². The molecule has 1 atom stereocenters. The molecule has 7 heteroatoms. The van der Waals surface area contributed by atoms with Crippen molar-refractivity contribution in [2.45, 2.75) is 18.9 Å². The van der Waals surface area contributed by atoms with E-state index in [2.05, 4.69) is 4.98 Å². The van der Waals surface area contributed by atoms with Crippen molar-refractivity contribution in [1.82, 2.24) is 9.88 Å². The molecule has 25 heavy (non-hydrogen) atoms. The molecule has 1 aromatic heterocycles. The lowest BCUT2D eigenvalue weighted by Crippen LogP contribution is -2.34. The molecule has 0 saturated carbocycles. The summed E-state index contributed by atoms with van der Waals surface area (Å²) < 4.78 is 5.65. The van der Waals surface area contributed by atoms with E-state index in [0.717, 1.165) is 30.7 Å². The Kier molecular flexibility index (Phi) is 4.50. The van der Waals surface area contributed by atoms with Crippen LogP contribution in [0.2, 0.25) is 5.02 Å². The predicted molar refractivity (Wildman–Crippen MR) is 100 cm³/mol. The number of ether oxygens (including phenoxy) is 1. The Morgan fingerprint density at radius 1 is 1.44 bits per heavy atom. The number of aromatic nitrogens is 1. The summed E-state index contributed by atoms with van der Waals surface area (Å²) in [6, 6.07) is 7.51. The fourth-order valence-corrected chi connectivity index (χ4v) is 4.30. The fraction of sp³-hybridized carbons (Fsp3) is 0.333. The van der Waals surface area contributed by atoms with E-state index in [0.29, 0.717) is 34.5 Å². The van der Waals surface area contributed by atoms with Crippen LogP contribution in [0.4, 0.5) is 0 Å². The smallest absolute Gasteiger partial charge is 0.135 e. The molecule has 0 radical (unpaired) electrons. The van der Waals surface area contributed by atoms with Gasteiger partial charge >= 0.3 is 0 Å². The highest BCUT2D eigenvalue weighted by molar-refractivity contribution is 7.11. The van der Waals surface area contributed by atoms with Crippen molar-refractivity contribution in [3.63, 3.8) is 0 Å². The van der Waals surface area contributed by atoms with Gasteiger partial charge in [0.15, 0.2) is 0 Å². The van der Waals surface area contributed by atoms with E-state index in [9.17, 15) is 5.11 Å². The highest BCUT2D eigenvalue weighted by Crippen LogP contribution is 2.33. The van der Waals surface area contributed by atoms with Gasteiger partial charge < -0.3 is 14.7 Å². The van der Waals surface area contributed by atoms with Crippen molar-refractivity contribution in [1.29, 1.82) is 5.41 Å². The Morgan fingerprint density at radius 3 is 3.08 bits per heavy atom. The molecule has 1 fully saturated rings. The van der Waals surface area contributed by atoms with Gasteiger partial charge in [-0.3, -0.25) is 5.41 Å². The Labute approximate surface area is 155 Å². The number of rotatable bonds is 4. The van der Waals surface area contributed by atoms with E-state index in [1.165, 1.54) is 11.3 Å². The SMILES string of the molecule is N=C1C(c2nc(-c3cccc(Cl)c3)cs2)=C(O)CN1C[C@H]1CCCO1. The van der Waals surface area contributed by atoms with E-state index in [-0.39, 0.29) is 11.9 Å². The number of hydrogen-bond acceptors (Lipinski definition) is 5. The molecule has 3 heterocycles. The second-order valence-electron chi connectivity index (χ2n) is 6.23. The van der Waals surface area contributed by atoms with Gasteiger partial charge in [0.2, 0.25) is 0 Å². The van der Waals surface area contributed by atoms with E-state index >= 15 is 0 Å². The topological polar surface area (TPSA) is 69.4 Å². The van der Waals surface area contributed by atoms with E-state index < -0.39 is 0 Å². The van der Waals surface area contributed by atoms with Crippen molar-refractivity contribution >= 4 is 34.3 Å². The first kappa shape index (κ1) is 16.6. The molecule has 2 N–H and O–H groups in total. The first-order valence-corrected chi connectivity index (χ1v) is 9.47. The molecule has 4 rings (SSSR count). The molecule has 0 bridgehead atoms. The summed E-state index contributed by atoms with van der Waals surface area (Å²) in [4.78, 5) is 6.48. The van der Waals surface area contributed by atoms with Crippen LogP contribution in [0.15, 0.2) is 35.4 Å². The predicted octanol–water partition coefficient (Wildman–Crippen LogP) is 4.20. The molecule has 0 aliphatic carbocycles. The van der Waals surface area contributed by atoms with Crippen molar-refractivity contribution in [2.24, 2.45) is 0 Å². The zero-order valence-electron chi connectivity index (χ0n) is 13.5. The fourth-order valence-electron chi connectivity index (χ4n) is 3.22. The molecule has 1 aromatic carbocycles. The summed E-state index contributed by atoms with van der Waals surface area (Å²) in [7, 11) is 0. The first-order chi connectivity index (χ1) is 12.1. The third-order valence-electron chi connectivity index (χ3n) is 4.47. The average molecular weight is 376 g/mol. The van der Waals surface area contributed by atoms with E-state index in [4.69, 9.17) is 21.7 Å². The lowest BCUT2D eigenvalue weighted by molar-refractivity contribution is 0.0924. The zero-order valence-corrected chi connectivity index (χ0v) is 15.1. The summed E-state index contributed by atoms with van der Waals surface area (Å²) in [5.41, 5.74) is 2.25. The standard InChI is InChI=1S/C18H18ClN3O2S/c19-12-4-1-3-11(7-12)14-10-25-18(21-14)16-15(23)9-22(17(16)20)8-13-5-2-6-24-13/h1,3-4,7,10,13,20,23H,2,5-6,8-9H2/t13-/m1/s1. The van der Waals surface area contributed by atoms with Gasteiger partial charge in [-0.1, -0.05) is 23.7 Å². The number of hydrogen-bond donors (Lipinski definition) is 2. The lowest BCUT2D eigenvalue weighted by Gasteiger charge is -2.21. The van der Waals surface area contributed by atoms with Crippen LogP contribution in [-0.4, -0.2) is 46.6 Å². The second kappa shape index (κ2) is 6.78. The molecule has 1 saturated heterocycles. The van der Waals surface area contributed by atoms with Gasteiger partial charge in [0.25, 0.3) is 0 Å². The Hall–Kier alpha value is -1.89. The highest BCUT2D eigenvalue weighted by Gasteiger charge is 2.32. The molecular formula is C18H18ClN3O2S. The molecule has 2 aliphatic rings. The lowest BCUT2D eigenvalue weighted by atomic mass is 10.2. The zero-order chi connectivity index (χ0) is 17.4. The van der Waals surface area contributed by atoms with Gasteiger partial charge in [0.05, 0.1) is 23.9 Å². The maximum absolute atomic E-state index is 10.4. The third-order valence-corrected chi connectivity index (χ3v) is 5.56. The van der Waals surface area contributed by atoms with Crippen molar-refractivity contribution in [2.75, 3.05) is 19.7 Å². The Morgan fingerprint density at radius 2 is 2.32 bits per heavy atom. The first-order valence-electron chi connectivity index (χ1n) is 8.21. The van der Waals surface area contributed by atoms with Gasteiger partial charge in [0.1, 0.15) is 16.6 Å². The highest BCUT2D eigenvalue weighted by atomic mass is 35.5. The van der Waals surface area contributed by atoms with E-state index in [1.54, 1.807) is 0 Å². The van der Waals surface area contributed by atoms with Crippen LogP contribution in [0.3, 0.4) is 0 Å². The van der Waals surface area contributed by atoms with Crippen LogP contribution in [0, 0.1) is 5.41 Å². The number of benzene rings is 1. The maximum Gasteiger partial charge on any atom is 0.135 e. The molecular weight excluding hydrogens is 358 g/mol. The quantitative estimate of drug-likeness (QED) is 0.840. The van der Waals surface area contributed by atoms with Crippen molar-refractivity contribution in [3.8, 4) is 11.3 Å². The summed E-state index contributed by atoms with van der Waals surface area (Å²) in [5, 5.41) is 22.1. The maximum atomic E-state index is 10.4. The minimum atomic E-state index is 0.144. The number of aliphatic hydroxyl groups excluding tert-OH is 1. The van der Waals surface area contributed by atoms with Crippen molar-refractivity contribution in [3.05, 3.63) is 45.4 Å². The molecule has 0 amide bonds. The normalized spacial score (nSPS) is 20.8. The summed E-state index contributed by atoms with van der Waals surface area (Å²) in [6.45, 7) is 1.77. The number of aliphatic hydroxyl groups is 1. The largest absolute Gasteiger partial charge is 0.510 e. The number of nitrogens with zero attached hydrogens (tertiary/aromatic N) is 2. The second-order valence-corrected chi connectivity index (χ2v) is 7.53. The third kappa shape index (κ3) is 3.29. The molecule has 0 spiro atoms. The number of nitrogens with one attached hydrogen (secondary N) is 1. The summed E-state index contributed by atoms with van der Waals surface area (Å²) >= 11 is 7.48. The summed E-state index contributed by atoms with van der Waals surface area (Å²) in [6.07, 6.45) is 2.22. The molecule has 0 unspecified atom stereocenters. The van der Waals surface area contributed by atoms with Gasteiger partial charge in [-0.2, -0.15) is 0 Å². The van der Waals surface area contributed by atoms with Crippen LogP contribution in [-0.2, 0) is 4.74 Å². The Bertz CT molecular complexity index is 842. The minimum Gasteiger partial charge on any atom is -0.510 e. The molecule has 2 aromatic rings. The number of amidine groups is 1. The monoisotopic (exact) mass is 375 g/mol. The Balaban J connectivity index is 1.55. The number of halogens is 1. The molecule has 5 nitrogen and oxygen atoms in total. The van der Waals surface area contributed by atoms with Crippen LogP contribution in [0.5, 0.6) is 0 Å². The van der Waals surface area contributed by atoms with Crippen LogP contribution >= 0.6 is 22.9 Å². The summed E-state index contributed by atoms with van der Waals surface area (Å²) in [5.74, 6) is 0.523. The van der Waals surface area contributed by atoms with Crippen molar-refractivity contribution < 1.29 is 9.84 Å². The van der Waals surface area contributed by atoms with Gasteiger partial charge in [0, 0.05) is 29.1 Å². The van der Waals surface area contributed by atoms with E-state index in [1.807, 2.05) is 34.5 Å². The van der Waals surface area contributed by atoms with Gasteiger partial charge in [-0.05, 0) is 25.0 Å². The molecule has 130 valence electrons. The number of thiazole rings is 1. The van der Waals surface area contributed by atoms with Gasteiger partial charge in [-0.25, -0.2) is 4.98 Å². The average Bonchev–Trinajstić information content (AvgIpc) is 3.30. The molecule has 2 aliphatic heterocycles. The van der Waals surface area contributed by atoms with Crippen LogP contribution in [0.1, 0.15) is 17.8 Å².